The normalized spacial score (nSPS) is 23.1. The Morgan fingerprint density at radius 3 is 2.55 bits per heavy atom. The van der Waals surface area contributed by atoms with E-state index in [2.05, 4.69) is 0 Å². The predicted molar refractivity (Wildman–Crippen MR) is 104 cm³/mol. The van der Waals surface area contributed by atoms with E-state index in [-0.39, 0.29) is 26.1 Å². The minimum absolute atomic E-state index is 0.0111. The van der Waals surface area contributed by atoms with Gasteiger partial charge in [0.2, 0.25) is 0 Å². The Balaban J connectivity index is 1.85. The van der Waals surface area contributed by atoms with E-state index in [1.807, 2.05) is 30.3 Å². The molecule has 3 rings (SSSR count). The quantitative estimate of drug-likeness (QED) is 0.470. The van der Waals surface area contributed by atoms with Gasteiger partial charge in [0.25, 0.3) is 6.47 Å². The zero-order valence-electron chi connectivity index (χ0n) is 17.1. The Kier molecular flexibility index (Phi) is 7.65. The number of nitrogens with one attached hydrogen (secondary N) is 1. The Labute approximate surface area is 185 Å². The fourth-order valence-corrected chi connectivity index (χ4v) is 3.65. The third kappa shape index (κ3) is 5.85. The molecule has 1 fully saturated rings. The molecule has 1 aliphatic heterocycles. The van der Waals surface area contributed by atoms with Gasteiger partial charge in [0.05, 0.1) is 25.9 Å². The van der Waals surface area contributed by atoms with Crippen LogP contribution >= 0.6 is 0 Å². The molecule has 2 aromatic rings. The van der Waals surface area contributed by atoms with Crippen LogP contribution in [0.25, 0.3) is 0 Å². The minimum Gasteiger partial charge on any atom is -0.462 e. The van der Waals surface area contributed by atoms with Crippen molar-refractivity contribution in [2.24, 2.45) is 0 Å². The van der Waals surface area contributed by atoms with Crippen LogP contribution in [0.3, 0.4) is 0 Å². The van der Waals surface area contributed by atoms with E-state index in [1.165, 1.54) is 0 Å². The summed E-state index contributed by atoms with van der Waals surface area (Å²) in [6.45, 7) is -0.492. The maximum Gasteiger partial charge on any atom is 0.471 e. The van der Waals surface area contributed by atoms with Gasteiger partial charge >= 0.3 is 12.1 Å². The first-order valence-electron chi connectivity index (χ1n) is 9.83. The lowest BCUT2D eigenvalue weighted by Crippen LogP contribution is -2.64. The molecule has 0 aliphatic carbocycles. The molecule has 1 aliphatic rings. The third-order valence-electron chi connectivity index (χ3n) is 5.21. The number of halogens is 5. The van der Waals surface area contributed by atoms with Crippen LogP contribution in [0.1, 0.15) is 17.5 Å². The second-order valence-electron chi connectivity index (χ2n) is 7.44. The van der Waals surface area contributed by atoms with Crippen LogP contribution in [-0.4, -0.2) is 44.0 Å². The second kappa shape index (κ2) is 10.3. The average Bonchev–Trinajstić information content (AvgIpc) is 2.76. The number of hydrogen-bond acceptors (Lipinski definition) is 5. The van der Waals surface area contributed by atoms with E-state index >= 15 is 0 Å². The van der Waals surface area contributed by atoms with Crippen molar-refractivity contribution in [3.8, 4) is 0 Å². The molecule has 0 aromatic heterocycles. The summed E-state index contributed by atoms with van der Waals surface area (Å²) in [6.07, 6.45) is -7.73. The molecular formula is C22H20F5NO5. The summed E-state index contributed by atoms with van der Waals surface area (Å²) in [4.78, 5) is 22.9. The van der Waals surface area contributed by atoms with E-state index in [4.69, 9.17) is 14.2 Å². The van der Waals surface area contributed by atoms with Gasteiger partial charge in [-0.3, -0.25) is 9.59 Å². The standard InChI is InChI=1S/C22H20F5NO5/c23-15-6-7-17(18(24)8-15)21(28-20(30)22(25,26)27)12-32-16(9-19(21)33-13-29)11-31-10-14-4-2-1-3-5-14/h1-8,13,16,19H,9-12H2,(H,28,30)/t16-,19-,21-/m1/s1. The first kappa shape index (κ1) is 24.6. The second-order valence-corrected chi connectivity index (χ2v) is 7.44. The Morgan fingerprint density at radius 2 is 1.91 bits per heavy atom. The highest BCUT2D eigenvalue weighted by Crippen LogP contribution is 2.37. The number of rotatable bonds is 8. The molecule has 1 N–H and O–H groups in total. The molecule has 0 bridgehead atoms. The molecule has 0 saturated carbocycles. The van der Waals surface area contributed by atoms with Crippen LogP contribution in [0.5, 0.6) is 0 Å². The van der Waals surface area contributed by atoms with Crippen molar-refractivity contribution in [1.29, 1.82) is 0 Å². The highest BCUT2D eigenvalue weighted by atomic mass is 19.4. The molecule has 1 heterocycles. The van der Waals surface area contributed by atoms with E-state index in [0.29, 0.717) is 6.07 Å². The van der Waals surface area contributed by atoms with Gasteiger partial charge in [0.1, 0.15) is 23.3 Å². The average molecular weight is 473 g/mol. The molecular weight excluding hydrogens is 453 g/mol. The van der Waals surface area contributed by atoms with Gasteiger partial charge in [-0.05, 0) is 11.6 Å². The summed E-state index contributed by atoms with van der Waals surface area (Å²) in [7, 11) is 0. The molecule has 11 heteroatoms. The fourth-order valence-electron chi connectivity index (χ4n) is 3.65. The first-order chi connectivity index (χ1) is 15.7. The maximum atomic E-state index is 14.6. The van der Waals surface area contributed by atoms with Gasteiger partial charge in [-0.25, -0.2) is 8.78 Å². The van der Waals surface area contributed by atoms with Crippen molar-refractivity contribution in [2.45, 2.75) is 37.0 Å². The van der Waals surface area contributed by atoms with Crippen molar-refractivity contribution < 1.29 is 45.8 Å². The molecule has 6 nitrogen and oxygen atoms in total. The fraction of sp³-hybridized carbons (Fsp3) is 0.364. The number of carbonyl (C=O) groups is 2. The number of carbonyl (C=O) groups excluding carboxylic acids is 2. The van der Waals surface area contributed by atoms with Crippen molar-refractivity contribution >= 4 is 12.4 Å². The third-order valence-corrected chi connectivity index (χ3v) is 5.21. The monoisotopic (exact) mass is 473 g/mol. The Hall–Kier alpha value is -3.05. The van der Waals surface area contributed by atoms with E-state index < -0.39 is 53.6 Å². The topological polar surface area (TPSA) is 73.9 Å². The predicted octanol–water partition coefficient (Wildman–Crippen LogP) is 3.39. The van der Waals surface area contributed by atoms with Crippen molar-refractivity contribution in [2.75, 3.05) is 13.2 Å². The number of ether oxygens (including phenoxy) is 3. The van der Waals surface area contributed by atoms with Gasteiger partial charge in [-0.15, -0.1) is 0 Å². The Morgan fingerprint density at radius 1 is 1.18 bits per heavy atom. The van der Waals surface area contributed by atoms with Crippen molar-refractivity contribution in [3.63, 3.8) is 0 Å². The van der Waals surface area contributed by atoms with E-state index in [1.54, 1.807) is 5.32 Å². The highest BCUT2D eigenvalue weighted by molar-refractivity contribution is 5.82. The first-order valence-corrected chi connectivity index (χ1v) is 9.83. The minimum atomic E-state index is -5.31. The van der Waals surface area contributed by atoms with E-state index in [9.17, 15) is 31.5 Å². The maximum absolute atomic E-state index is 14.6. The van der Waals surface area contributed by atoms with Crippen LogP contribution in [-0.2, 0) is 35.9 Å². The zero-order chi connectivity index (χ0) is 24.1. The molecule has 33 heavy (non-hydrogen) atoms. The van der Waals surface area contributed by atoms with Crippen molar-refractivity contribution in [1.82, 2.24) is 5.32 Å². The van der Waals surface area contributed by atoms with Gasteiger partial charge < -0.3 is 19.5 Å². The lowest BCUT2D eigenvalue weighted by Gasteiger charge is -2.45. The lowest BCUT2D eigenvalue weighted by molar-refractivity contribution is -0.188. The van der Waals surface area contributed by atoms with E-state index in [0.717, 1.165) is 17.7 Å². The summed E-state index contributed by atoms with van der Waals surface area (Å²) >= 11 is 0. The highest BCUT2D eigenvalue weighted by Gasteiger charge is 2.53. The van der Waals surface area contributed by atoms with Gasteiger partial charge in [-0.2, -0.15) is 13.2 Å². The smallest absolute Gasteiger partial charge is 0.462 e. The van der Waals surface area contributed by atoms with Crippen LogP contribution < -0.4 is 5.32 Å². The number of amides is 1. The summed E-state index contributed by atoms with van der Waals surface area (Å²) in [5.41, 5.74) is -1.90. The summed E-state index contributed by atoms with van der Waals surface area (Å²) in [6, 6.07) is 11.3. The molecule has 3 atom stereocenters. The molecule has 0 unspecified atom stereocenters. The molecule has 0 radical (unpaired) electrons. The summed E-state index contributed by atoms with van der Waals surface area (Å²) < 4.78 is 83.3. The zero-order valence-corrected chi connectivity index (χ0v) is 17.1. The van der Waals surface area contributed by atoms with Crippen LogP contribution in [0.2, 0.25) is 0 Å². The number of hydrogen-bond donors (Lipinski definition) is 1. The molecule has 2 aromatic carbocycles. The van der Waals surface area contributed by atoms with Crippen molar-refractivity contribution in [3.05, 3.63) is 71.3 Å². The molecule has 1 saturated heterocycles. The van der Waals surface area contributed by atoms with Gasteiger partial charge in [-0.1, -0.05) is 36.4 Å². The van der Waals surface area contributed by atoms with Gasteiger partial charge in [0, 0.05) is 18.1 Å². The number of benzene rings is 2. The number of alkyl halides is 3. The van der Waals surface area contributed by atoms with Gasteiger partial charge in [0.15, 0.2) is 0 Å². The summed E-state index contributed by atoms with van der Waals surface area (Å²) in [5, 5.41) is 1.71. The van der Waals surface area contributed by atoms with Crippen LogP contribution in [0.15, 0.2) is 48.5 Å². The molecule has 0 spiro atoms. The lowest BCUT2D eigenvalue weighted by atomic mass is 9.80. The SMILES string of the molecule is O=CO[C@@H]1C[C@H](COCc2ccccc2)OC[C@@]1(NC(=O)C(F)(F)F)c1ccc(F)cc1F. The molecule has 1 amide bonds. The Bertz CT molecular complexity index is 971. The largest absolute Gasteiger partial charge is 0.471 e. The van der Waals surface area contributed by atoms with Crippen LogP contribution in [0.4, 0.5) is 22.0 Å². The molecule has 178 valence electrons. The van der Waals surface area contributed by atoms with Crippen LogP contribution in [0, 0.1) is 11.6 Å². The summed E-state index contributed by atoms with van der Waals surface area (Å²) in [5.74, 6) is -4.61.